The number of nitrogens with zero attached hydrogens (tertiary/aromatic N) is 1. The molecule has 2 saturated heterocycles. The third kappa shape index (κ3) is 2.98. The molecule has 0 bridgehead atoms. The monoisotopic (exact) mass is 314 g/mol. The fraction of sp³-hybridized carbons (Fsp3) is 0.867. The van der Waals surface area contributed by atoms with Gasteiger partial charge >= 0.3 is 0 Å². The fourth-order valence-corrected chi connectivity index (χ4v) is 3.17. The highest BCUT2D eigenvalue weighted by molar-refractivity contribution is 5.97. The van der Waals surface area contributed by atoms with E-state index in [9.17, 15) is 19.8 Å². The molecular formula is C15H26N2O5. The number of ether oxygens (including phenoxy) is 1. The molecule has 7 nitrogen and oxygen atoms in total. The van der Waals surface area contributed by atoms with Crippen molar-refractivity contribution in [3.8, 4) is 0 Å². The van der Waals surface area contributed by atoms with Gasteiger partial charge in [0.1, 0.15) is 24.4 Å². The van der Waals surface area contributed by atoms with Gasteiger partial charge in [-0.1, -0.05) is 27.7 Å². The van der Waals surface area contributed by atoms with Crippen LogP contribution in [0.3, 0.4) is 0 Å². The fourth-order valence-electron chi connectivity index (χ4n) is 3.17. The number of carbonyl (C=O) groups excluding carboxylic acids is 2. The first-order valence-electron chi connectivity index (χ1n) is 7.84. The maximum absolute atomic E-state index is 12.8. The number of piperazine rings is 1. The number of hydrogen-bond acceptors (Lipinski definition) is 5. The normalized spacial score (nSPS) is 36.4. The zero-order chi connectivity index (χ0) is 16.6. The van der Waals surface area contributed by atoms with Crippen molar-refractivity contribution in [3.05, 3.63) is 0 Å². The van der Waals surface area contributed by atoms with E-state index in [-0.39, 0.29) is 36.7 Å². The summed E-state index contributed by atoms with van der Waals surface area (Å²) in [7, 11) is 0. The zero-order valence-corrected chi connectivity index (χ0v) is 13.5. The van der Waals surface area contributed by atoms with E-state index in [0.717, 1.165) is 0 Å². The summed E-state index contributed by atoms with van der Waals surface area (Å²) in [5, 5.41) is 21.9. The number of hydrogen-bond donors (Lipinski definition) is 3. The molecule has 3 N–H and O–H groups in total. The summed E-state index contributed by atoms with van der Waals surface area (Å²) in [5.41, 5.74) is 0. The first-order valence-corrected chi connectivity index (χ1v) is 7.84. The average Bonchev–Trinajstić information content (AvgIpc) is 2.80. The second-order valence-corrected chi connectivity index (χ2v) is 6.78. The minimum atomic E-state index is -0.835. The van der Waals surface area contributed by atoms with Gasteiger partial charge < -0.3 is 25.2 Å². The predicted molar refractivity (Wildman–Crippen MR) is 78.6 cm³/mol. The van der Waals surface area contributed by atoms with E-state index in [0.29, 0.717) is 0 Å². The van der Waals surface area contributed by atoms with Crippen LogP contribution >= 0.6 is 0 Å². The van der Waals surface area contributed by atoms with E-state index < -0.39 is 30.5 Å². The van der Waals surface area contributed by atoms with Crippen LogP contribution in [0.5, 0.6) is 0 Å². The molecule has 5 atom stereocenters. The lowest BCUT2D eigenvalue weighted by Crippen LogP contribution is -2.68. The van der Waals surface area contributed by atoms with E-state index in [1.54, 1.807) is 0 Å². The van der Waals surface area contributed by atoms with Gasteiger partial charge in [-0.15, -0.1) is 0 Å². The molecule has 0 aliphatic carbocycles. The number of rotatable bonds is 4. The molecule has 22 heavy (non-hydrogen) atoms. The Morgan fingerprint density at radius 3 is 2.36 bits per heavy atom. The molecule has 0 saturated carbocycles. The number of aliphatic hydroxyl groups excluding tert-OH is 2. The first kappa shape index (κ1) is 17.2. The first-order chi connectivity index (χ1) is 10.3. The summed E-state index contributed by atoms with van der Waals surface area (Å²) in [4.78, 5) is 26.7. The van der Waals surface area contributed by atoms with E-state index in [4.69, 9.17) is 4.74 Å². The van der Waals surface area contributed by atoms with Crippen LogP contribution in [0.2, 0.25) is 0 Å². The smallest absolute Gasteiger partial charge is 0.248 e. The highest BCUT2D eigenvalue weighted by atomic mass is 16.5. The minimum Gasteiger partial charge on any atom is -0.394 e. The van der Waals surface area contributed by atoms with Crippen molar-refractivity contribution in [1.29, 1.82) is 0 Å². The third-order valence-corrected chi connectivity index (χ3v) is 4.38. The van der Waals surface area contributed by atoms with Gasteiger partial charge in [0.05, 0.1) is 12.7 Å². The lowest BCUT2D eigenvalue weighted by atomic mass is 9.92. The average molecular weight is 314 g/mol. The summed E-state index contributed by atoms with van der Waals surface area (Å²) in [6, 6.07) is -1.21. The molecule has 2 aliphatic heterocycles. The molecule has 2 amide bonds. The van der Waals surface area contributed by atoms with Crippen LogP contribution in [-0.2, 0) is 14.3 Å². The highest BCUT2D eigenvalue weighted by Gasteiger charge is 2.49. The van der Waals surface area contributed by atoms with Crippen molar-refractivity contribution in [2.24, 2.45) is 11.8 Å². The second-order valence-electron chi connectivity index (χ2n) is 6.78. The van der Waals surface area contributed by atoms with Crippen LogP contribution in [0, 0.1) is 11.8 Å². The van der Waals surface area contributed by atoms with Gasteiger partial charge in [-0.2, -0.15) is 0 Å². The maximum Gasteiger partial charge on any atom is 0.248 e. The largest absolute Gasteiger partial charge is 0.394 e. The van der Waals surface area contributed by atoms with Crippen LogP contribution in [0.1, 0.15) is 34.1 Å². The second kappa shape index (κ2) is 6.52. The van der Waals surface area contributed by atoms with Crippen molar-refractivity contribution in [2.75, 3.05) is 6.61 Å². The summed E-state index contributed by atoms with van der Waals surface area (Å²) >= 11 is 0. The highest BCUT2D eigenvalue weighted by Crippen LogP contribution is 2.30. The molecule has 0 aromatic heterocycles. The molecule has 7 heteroatoms. The Bertz CT molecular complexity index is 440. The Morgan fingerprint density at radius 2 is 1.91 bits per heavy atom. The molecule has 2 rings (SSSR count). The molecule has 0 spiro atoms. The Kier molecular flexibility index (Phi) is 5.09. The van der Waals surface area contributed by atoms with Crippen molar-refractivity contribution in [1.82, 2.24) is 10.2 Å². The summed E-state index contributed by atoms with van der Waals surface area (Å²) in [6.07, 6.45) is -2.02. The topological polar surface area (TPSA) is 99.1 Å². The van der Waals surface area contributed by atoms with Gasteiger partial charge in [0, 0.05) is 6.42 Å². The van der Waals surface area contributed by atoms with Gasteiger partial charge in [0.25, 0.3) is 0 Å². The van der Waals surface area contributed by atoms with Gasteiger partial charge in [-0.05, 0) is 11.8 Å². The Morgan fingerprint density at radius 1 is 1.27 bits per heavy atom. The van der Waals surface area contributed by atoms with Crippen LogP contribution < -0.4 is 5.32 Å². The number of nitrogens with one attached hydrogen (secondary N) is 1. The van der Waals surface area contributed by atoms with Gasteiger partial charge in [-0.25, -0.2) is 0 Å². The molecule has 0 radical (unpaired) electrons. The lowest BCUT2D eigenvalue weighted by molar-refractivity contribution is -0.170. The minimum absolute atomic E-state index is 0.0352. The molecule has 0 aromatic carbocycles. The molecule has 0 aromatic rings. The zero-order valence-electron chi connectivity index (χ0n) is 13.5. The van der Waals surface area contributed by atoms with Crippen molar-refractivity contribution < 1.29 is 24.5 Å². The molecule has 2 fully saturated rings. The van der Waals surface area contributed by atoms with Gasteiger partial charge in [0.15, 0.2) is 0 Å². The van der Waals surface area contributed by atoms with E-state index >= 15 is 0 Å². The van der Waals surface area contributed by atoms with E-state index in [2.05, 4.69) is 5.32 Å². The van der Waals surface area contributed by atoms with Gasteiger partial charge in [-0.3, -0.25) is 9.59 Å². The molecule has 0 unspecified atom stereocenters. The maximum atomic E-state index is 12.8. The van der Waals surface area contributed by atoms with Crippen LogP contribution in [-0.4, -0.2) is 64.1 Å². The number of amides is 2. The molecular weight excluding hydrogens is 288 g/mol. The van der Waals surface area contributed by atoms with Crippen LogP contribution in [0.4, 0.5) is 0 Å². The summed E-state index contributed by atoms with van der Waals surface area (Å²) in [5.74, 6) is -0.499. The summed E-state index contributed by atoms with van der Waals surface area (Å²) < 4.78 is 5.61. The van der Waals surface area contributed by atoms with E-state index in [1.165, 1.54) is 4.90 Å². The Hall–Kier alpha value is -1.18. The van der Waals surface area contributed by atoms with Crippen molar-refractivity contribution in [3.63, 3.8) is 0 Å². The lowest BCUT2D eigenvalue weighted by Gasteiger charge is -2.44. The Labute approximate surface area is 130 Å². The van der Waals surface area contributed by atoms with Crippen molar-refractivity contribution in [2.45, 2.75) is 64.6 Å². The SMILES string of the molecule is CC(C)[C@@H]1NC(=O)[C@H](C(C)C)N([C@H]2C[C@H](O)[C@@H](CO)O2)C1=O. The van der Waals surface area contributed by atoms with Crippen LogP contribution in [0.25, 0.3) is 0 Å². The molecule has 2 aliphatic rings. The number of aliphatic hydroxyl groups is 2. The van der Waals surface area contributed by atoms with Crippen molar-refractivity contribution >= 4 is 11.8 Å². The Balaban J connectivity index is 2.30. The van der Waals surface area contributed by atoms with E-state index in [1.807, 2.05) is 27.7 Å². The van der Waals surface area contributed by atoms with Crippen LogP contribution in [0.15, 0.2) is 0 Å². The summed E-state index contributed by atoms with van der Waals surface area (Å²) in [6.45, 7) is 7.17. The van der Waals surface area contributed by atoms with Gasteiger partial charge in [0.2, 0.25) is 11.8 Å². The number of carbonyl (C=O) groups is 2. The molecule has 2 heterocycles. The predicted octanol–water partition coefficient (Wildman–Crippen LogP) is -0.538. The quantitative estimate of drug-likeness (QED) is 0.647. The standard InChI is InChI=1S/C15H26N2O5/c1-7(2)12-15(21)17(13(8(3)4)14(20)16-12)11-5-9(19)10(6-18)22-11/h7-13,18-19H,5-6H2,1-4H3,(H,16,20)/t9-,10+,11+,12-,13-/m0/s1. The molecule has 126 valence electrons. The third-order valence-electron chi connectivity index (χ3n) is 4.38.